The molecule has 0 fully saturated rings. The SMILES string of the molecule is CC/C=C/C=C/C=C/CCCCCCCCCC(=O)OC(CCCCCCCCCCCCCCCCCCC)CC(=O)NC(CO)C(O)CCCCCCCCCCCCC. The molecular formula is C56H105NO5. The number of hydrogen-bond donors (Lipinski definition) is 3. The number of allylic oxidation sites excluding steroid dienone is 6. The summed E-state index contributed by atoms with van der Waals surface area (Å²) in [7, 11) is 0. The van der Waals surface area contributed by atoms with Gasteiger partial charge in [0.1, 0.15) is 6.10 Å². The van der Waals surface area contributed by atoms with Crippen LogP contribution in [0.5, 0.6) is 0 Å². The fraction of sp³-hybridized carbons (Fsp3) is 0.857. The van der Waals surface area contributed by atoms with Gasteiger partial charge in [0.15, 0.2) is 0 Å². The van der Waals surface area contributed by atoms with Crippen molar-refractivity contribution >= 4 is 11.9 Å². The first-order valence-corrected chi connectivity index (χ1v) is 27.2. The van der Waals surface area contributed by atoms with Crippen molar-refractivity contribution in [3.8, 4) is 0 Å². The maximum Gasteiger partial charge on any atom is 0.306 e. The van der Waals surface area contributed by atoms with Crippen LogP contribution in [0.3, 0.4) is 0 Å². The van der Waals surface area contributed by atoms with Crippen LogP contribution in [0.1, 0.15) is 284 Å². The van der Waals surface area contributed by atoms with Crippen LogP contribution in [0.2, 0.25) is 0 Å². The smallest absolute Gasteiger partial charge is 0.306 e. The van der Waals surface area contributed by atoms with Gasteiger partial charge < -0.3 is 20.3 Å². The third kappa shape index (κ3) is 44.7. The van der Waals surface area contributed by atoms with Crippen molar-refractivity contribution in [3.05, 3.63) is 36.5 Å². The fourth-order valence-electron chi connectivity index (χ4n) is 8.43. The second-order valence-electron chi connectivity index (χ2n) is 18.7. The molecule has 0 rings (SSSR count). The van der Waals surface area contributed by atoms with E-state index in [1.165, 1.54) is 180 Å². The Labute approximate surface area is 385 Å². The first-order valence-electron chi connectivity index (χ1n) is 27.2. The Morgan fingerprint density at radius 3 is 1.31 bits per heavy atom. The van der Waals surface area contributed by atoms with Crippen LogP contribution >= 0.6 is 0 Å². The second kappa shape index (κ2) is 50.1. The second-order valence-corrected chi connectivity index (χ2v) is 18.7. The Bertz CT molecular complexity index is 1020. The van der Waals surface area contributed by atoms with Gasteiger partial charge in [-0.3, -0.25) is 9.59 Å². The monoisotopic (exact) mass is 872 g/mol. The Morgan fingerprint density at radius 1 is 0.484 bits per heavy atom. The summed E-state index contributed by atoms with van der Waals surface area (Å²) in [4.78, 5) is 26.2. The van der Waals surface area contributed by atoms with Gasteiger partial charge in [-0.25, -0.2) is 0 Å². The van der Waals surface area contributed by atoms with Gasteiger partial charge in [0.05, 0.1) is 25.2 Å². The van der Waals surface area contributed by atoms with E-state index in [-0.39, 0.29) is 24.9 Å². The van der Waals surface area contributed by atoms with Crippen molar-refractivity contribution in [2.45, 2.75) is 302 Å². The fourth-order valence-corrected chi connectivity index (χ4v) is 8.43. The zero-order valence-electron chi connectivity index (χ0n) is 41.5. The van der Waals surface area contributed by atoms with Crippen molar-refractivity contribution in [2.24, 2.45) is 0 Å². The van der Waals surface area contributed by atoms with E-state index in [1.54, 1.807) is 0 Å². The number of amides is 1. The average molecular weight is 872 g/mol. The summed E-state index contributed by atoms with van der Waals surface area (Å²) in [5.74, 6) is -0.473. The summed E-state index contributed by atoms with van der Waals surface area (Å²) in [5, 5.41) is 23.8. The lowest BCUT2D eigenvalue weighted by atomic mass is 10.0. The molecule has 0 radical (unpaired) electrons. The van der Waals surface area contributed by atoms with E-state index >= 15 is 0 Å². The average Bonchev–Trinajstić information content (AvgIpc) is 3.26. The molecule has 3 unspecified atom stereocenters. The summed E-state index contributed by atoms with van der Waals surface area (Å²) in [5.41, 5.74) is 0. The van der Waals surface area contributed by atoms with Crippen LogP contribution in [-0.2, 0) is 14.3 Å². The molecule has 0 heterocycles. The van der Waals surface area contributed by atoms with Gasteiger partial charge >= 0.3 is 5.97 Å². The quantitative estimate of drug-likeness (QED) is 0.0321. The highest BCUT2D eigenvalue weighted by molar-refractivity contribution is 5.77. The molecule has 0 bridgehead atoms. The van der Waals surface area contributed by atoms with E-state index in [9.17, 15) is 19.8 Å². The number of unbranched alkanes of at least 4 members (excludes halogenated alkanes) is 33. The van der Waals surface area contributed by atoms with Crippen LogP contribution in [0.15, 0.2) is 36.5 Å². The highest BCUT2D eigenvalue weighted by atomic mass is 16.5. The standard InChI is InChI=1S/C56H105NO5/c1-4-7-10-13-16-19-22-24-26-27-29-30-33-35-38-41-44-47-52(62-56(61)49-46-43-40-37-34-31-28-25-23-20-17-14-11-8-5-2)50-55(60)57-53(51-58)54(59)48-45-42-39-36-32-21-18-15-12-9-6-3/h8,11,14,17,20,23,52-54,58-59H,4-7,9-10,12-13,15-16,18-19,21-22,24-51H2,1-3H3,(H,57,60)/b11-8+,17-14+,23-20+. The molecular weight excluding hydrogens is 767 g/mol. The number of ether oxygens (including phenoxy) is 1. The van der Waals surface area contributed by atoms with Gasteiger partial charge in [-0.15, -0.1) is 0 Å². The molecule has 3 atom stereocenters. The minimum absolute atomic E-state index is 0.0770. The highest BCUT2D eigenvalue weighted by Crippen LogP contribution is 2.19. The Kier molecular flexibility index (Phi) is 48.5. The molecule has 0 aliphatic heterocycles. The number of hydrogen-bond acceptors (Lipinski definition) is 5. The summed E-state index contributed by atoms with van der Waals surface area (Å²) in [6.07, 6.45) is 59.2. The van der Waals surface area contributed by atoms with Crippen LogP contribution in [0.25, 0.3) is 0 Å². The lowest BCUT2D eigenvalue weighted by molar-refractivity contribution is -0.151. The topological polar surface area (TPSA) is 95.9 Å². The third-order valence-electron chi connectivity index (χ3n) is 12.5. The van der Waals surface area contributed by atoms with E-state index in [4.69, 9.17) is 4.74 Å². The molecule has 0 aromatic rings. The summed E-state index contributed by atoms with van der Waals surface area (Å²) in [6, 6.07) is -0.700. The van der Waals surface area contributed by atoms with Crippen LogP contribution < -0.4 is 5.32 Å². The number of rotatable bonds is 49. The van der Waals surface area contributed by atoms with E-state index in [0.29, 0.717) is 19.3 Å². The third-order valence-corrected chi connectivity index (χ3v) is 12.5. The minimum atomic E-state index is -0.786. The largest absolute Gasteiger partial charge is 0.462 e. The zero-order chi connectivity index (χ0) is 45.2. The Balaban J connectivity index is 4.55. The van der Waals surface area contributed by atoms with Gasteiger partial charge in [-0.2, -0.15) is 0 Å². The minimum Gasteiger partial charge on any atom is -0.462 e. The molecule has 3 N–H and O–H groups in total. The molecule has 1 amide bonds. The van der Waals surface area contributed by atoms with E-state index in [2.05, 4.69) is 62.5 Å². The molecule has 62 heavy (non-hydrogen) atoms. The molecule has 6 nitrogen and oxygen atoms in total. The van der Waals surface area contributed by atoms with Crippen molar-refractivity contribution in [3.63, 3.8) is 0 Å². The van der Waals surface area contributed by atoms with Gasteiger partial charge in [0, 0.05) is 6.42 Å². The number of carbonyl (C=O) groups is 2. The summed E-state index contributed by atoms with van der Waals surface area (Å²) >= 11 is 0. The number of aliphatic hydroxyl groups excluding tert-OH is 2. The van der Waals surface area contributed by atoms with Crippen molar-refractivity contribution in [1.29, 1.82) is 0 Å². The molecule has 0 aromatic carbocycles. The molecule has 0 saturated carbocycles. The number of nitrogens with one attached hydrogen (secondary N) is 1. The highest BCUT2D eigenvalue weighted by Gasteiger charge is 2.24. The lowest BCUT2D eigenvalue weighted by Crippen LogP contribution is -2.46. The molecule has 364 valence electrons. The Morgan fingerprint density at radius 2 is 0.871 bits per heavy atom. The lowest BCUT2D eigenvalue weighted by Gasteiger charge is -2.24. The first kappa shape index (κ1) is 60.1. The maximum atomic E-state index is 13.2. The summed E-state index contributed by atoms with van der Waals surface area (Å²) in [6.45, 7) is 6.37. The Hall–Kier alpha value is -1.92. The van der Waals surface area contributed by atoms with Gasteiger partial charge in [-0.1, -0.05) is 263 Å². The van der Waals surface area contributed by atoms with E-state index < -0.39 is 18.2 Å². The molecule has 0 spiro atoms. The van der Waals surface area contributed by atoms with Crippen molar-refractivity contribution in [2.75, 3.05) is 6.61 Å². The zero-order valence-corrected chi connectivity index (χ0v) is 41.5. The van der Waals surface area contributed by atoms with Crippen LogP contribution in [-0.4, -0.2) is 46.9 Å². The van der Waals surface area contributed by atoms with Crippen LogP contribution in [0, 0.1) is 0 Å². The van der Waals surface area contributed by atoms with Crippen LogP contribution in [0.4, 0.5) is 0 Å². The van der Waals surface area contributed by atoms with Crippen molar-refractivity contribution < 1.29 is 24.5 Å². The molecule has 0 saturated heterocycles. The number of esters is 1. The van der Waals surface area contributed by atoms with Gasteiger partial charge in [-0.05, 0) is 44.9 Å². The molecule has 0 aliphatic rings. The van der Waals surface area contributed by atoms with Gasteiger partial charge in [0.25, 0.3) is 0 Å². The first-order chi connectivity index (χ1) is 30.5. The van der Waals surface area contributed by atoms with E-state index in [0.717, 1.165) is 57.8 Å². The molecule has 0 aromatic heterocycles. The van der Waals surface area contributed by atoms with Gasteiger partial charge in [0.2, 0.25) is 5.91 Å². The van der Waals surface area contributed by atoms with Crippen molar-refractivity contribution in [1.82, 2.24) is 5.32 Å². The number of carbonyl (C=O) groups excluding carboxylic acids is 2. The predicted molar refractivity (Wildman–Crippen MR) is 269 cm³/mol. The molecule has 6 heteroatoms. The predicted octanol–water partition coefficient (Wildman–Crippen LogP) is 16.5. The maximum absolute atomic E-state index is 13.2. The molecule has 0 aliphatic carbocycles. The normalized spacial score (nSPS) is 13.4. The van der Waals surface area contributed by atoms with E-state index in [1.807, 2.05) is 0 Å². The number of aliphatic hydroxyl groups is 2. The summed E-state index contributed by atoms with van der Waals surface area (Å²) < 4.78 is 5.95.